The lowest BCUT2D eigenvalue weighted by Gasteiger charge is -2.20. The van der Waals surface area contributed by atoms with Gasteiger partial charge in [0.15, 0.2) is 0 Å². The number of aryl methyl sites for hydroxylation is 1. The first-order chi connectivity index (χ1) is 13.8. The molecule has 29 heavy (non-hydrogen) atoms. The van der Waals surface area contributed by atoms with Crippen molar-refractivity contribution in [1.82, 2.24) is 0 Å². The molecule has 1 amide bonds. The Hall–Kier alpha value is -1.98. The fourth-order valence-corrected chi connectivity index (χ4v) is 4.44. The molecule has 0 aromatic heterocycles. The molecule has 0 aliphatic heterocycles. The molecule has 1 aliphatic carbocycles. The molecule has 148 valence electrons. The van der Waals surface area contributed by atoms with Crippen molar-refractivity contribution in [2.45, 2.75) is 24.9 Å². The highest BCUT2D eigenvalue weighted by Gasteiger charge is 2.57. The van der Waals surface area contributed by atoms with Gasteiger partial charge >= 0.3 is 0 Å². The minimum atomic E-state index is -1.38. The van der Waals surface area contributed by atoms with Crippen molar-refractivity contribution in [3.05, 3.63) is 97.9 Å². The average molecular weight is 517 g/mol. The highest BCUT2D eigenvalue weighted by atomic mass is 79.9. The van der Waals surface area contributed by atoms with Crippen LogP contribution in [0.2, 0.25) is 0 Å². The van der Waals surface area contributed by atoms with Gasteiger partial charge in [-0.2, -0.15) is 0 Å². The zero-order chi connectivity index (χ0) is 20.8. The standard InChI is InChI=1S/C24H20Br2FNO/c1-15-5-3-4-6-22(15)28(2)23(29)16-7-10-18(11-8-16)24(27)14-19(24)17-9-12-20(25)21(26)13-17/h3-13,19H,14H2,1-2H3. The third kappa shape index (κ3) is 3.78. The number of amides is 1. The van der Waals surface area contributed by atoms with Gasteiger partial charge in [-0.05, 0) is 92.2 Å². The van der Waals surface area contributed by atoms with E-state index in [-0.39, 0.29) is 11.8 Å². The number of carbonyl (C=O) groups is 1. The molecule has 2 unspecified atom stereocenters. The van der Waals surface area contributed by atoms with Crippen LogP contribution >= 0.6 is 31.9 Å². The summed E-state index contributed by atoms with van der Waals surface area (Å²) in [6.07, 6.45) is 0.456. The van der Waals surface area contributed by atoms with Crippen LogP contribution in [0.4, 0.5) is 10.1 Å². The Bertz CT molecular complexity index is 1080. The molecule has 3 aromatic carbocycles. The number of anilines is 1. The molecule has 0 spiro atoms. The Kier molecular flexibility index (Phi) is 5.38. The van der Waals surface area contributed by atoms with Gasteiger partial charge in [0, 0.05) is 33.2 Å². The third-order valence-electron chi connectivity index (χ3n) is 5.63. The molecule has 4 rings (SSSR count). The van der Waals surface area contributed by atoms with Crippen LogP contribution in [0.3, 0.4) is 0 Å². The van der Waals surface area contributed by atoms with Crippen molar-refractivity contribution in [2.75, 3.05) is 11.9 Å². The van der Waals surface area contributed by atoms with Crippen LogP contribution in [-0.2, 0) is 5.67 Å². The molecule has 0 N–H and O–H groups in total. The summed E-state index contributed by atoms with van der Waals surface area (Å²) in [6, 6.07) is 20.5. The first-order valence-corrected chi connectivity index (χ1v) is 11.0. The van der Waals surface area contributed by atoms with Crippen molar-refractivity contribution in [1.29, 1.82) is 0 Å². The van der Waals surface area contributed by atoms with Gasteiger partial charge in [-0.1, -0.05) is 36.4 Å². The van der Waals surface area contributed by atoms with Gasteiger partial charge in [0.1, 0.15) is 5.67 Å². The first-order valence-electron chi connectivity index (χ1n) is 9.39. The van der Waals surface area contributed by atoms with Gasteiger partial charge < -0.3 is 4.90 Å². The second-order valence-electron chi connectivity index (χ2n) is 7.52. The topological polar surface area (TPSA) is 20.3 Å². The van der Waals surface area contributed by atoms with Crippen LogP contribution in [0.1, 0.15) is 39.4 Å². The number of hydrogen-bond acceptors (Lipinski definition) is 1. The zero-order valence-electron chi connectivity index (χ0n) is 16.1. The summed E-state index contributed by atoms with van der Waals surface area (Å²) in [5.74, 6) is -0.272. The summed E-state index contributed by atoms with van der Waals surface area (Å²) in [5.41, 5.74) is 2.66. The van der Waals surface area contributed by atoms with Gasteiger partial charge in [0.25, 0.3) is 5.91 Å². The predicted octanol–water partition coefficient (Wildman–Crippen LogP) is 7.15. The van der Waals surface area contributed by atoms with E-state index in [0.29, 0.717) is 17.5 Å². The van der Waals surface area contributed by atoms with Crippen molar-refractivity contribution in [3.8, 4) is 0 Å². The Balaban J connectivity index is 1.53. The first kappa shape index (κ1) is 20.3. The lowest BCUT2D eigenvalue weighted by Crippen LogP contribution is -2.26. The summed E-state index contributed by atoms with van der Waals surface area (Å²) >= 11 is 6.94. The molecule has 5 heteroatoms. The number of para-hydroxylation sites is 1. The number of alkyl halides is 1. The Morgan fingerprint density at radius 3 is 2.38 bits per heavy atom. The summed E-state index contributed by atoms with van der Waals surface area (Å²) in [6.45, 7) is 1.97. The van der Waals surface area contributed by atoms with Gasteiger partial charge in [-0.25, -0.2) is 4.39 Å². The second kappa shape index (κ2) is 7.69. The van der Waals surface area contributed by atoms with E-state index in [1.807, 2.05) is 49.4 Å². The van der Waals surface area contributed by atoms with Crippen LogP contribution in [0, 0.1) is 6.92 Å². The molecule has 2 atom stereocenters. The zero-order valence-corrected chi connectivity index (χ0v) is 19.3. The summed E-state index contributed by atoms with van der Waals surface area (Å²) in [4.78, 5) is 14.5. The lowest BCUT2D eigenvalue weighted by atomic mass is 10.0. The maximum absolute atomic E-state index is 15.5. The van der Waals surface area contributed by atoms with Crippen LogP contribution in [0.15, 0.2) is 75.7 Å². The van der Waals surface area contributed by atoms with E-state index >= 15 is 4.39 Å². The smallest absolute Gasteiger partial charge is 0.258 e. The van der Waals surface area contributed by atoms with Crippen molar-refractivity contribution in [2.24, 2.45) is 0 Å². The minimum Gasteiger partial charge on any atom is -0.311 e. The number of nitrogens with zero attached hydrogens (tertiary/aromatic N) is 1. The highest BCUT2D eigenvalue weighted by Crippen LogP contribution is 2.62. The predicted molar refractivity (Wildman–Crippen MR) is 122 cm³/mol. The number of rotatable bonds is 4. The van der Waals surface area contributed by atoms with Gasteiger partial charge in [0.2, 0.25) is 0 Å². The van der Waals surface area contributed by atoms with Crippen molar-refractivity contribution in [3.63, 3.8) is 0 Å². The van der Waals surface area contributed by atoms with Gasteiger partial charge in [-0.15, -0.1) is 0 Å². The molecule has 0 bridgehead atoms. The summed E-state index contributed by atoms with van der Waals surface area (Å²) in [5, 5.41) is 0. The Labute approximate surface area is 187 Å². The third-order valence-corrected chi connectivity index (χ3v) is 7.51. The molecular formula is C24H20Br2FNO. The van der Waals surface area contributed by atoms with E-state index in [1.165, 1.54) is 0 Å². The van der Waals surface area contributed by atoms with E-state index in [2.05, 4.69) is 31.9 Å². The van der Waals surface area contributed by atoms with Crippen LogP contribution in [-0.4, -0.2) is 13.0 Å². The number of carbonyl (C=O) groups excluding carboxylic acids is 1. The number of benzene rings is 3. The molecule has 1 saturated carbocycles. The average Bonchev–Trinajstić information content (AvgIpc) is 3.42. The molecule has 2 nitrogen and oxygen atoms in total. The SMILES string of the molecule is Cc1ccccc1N(C)C(=O)c1ccc(C2(F)CC2c2ccc(Br)c(Br)c2)cc1. The van der Waals surface area contributed by atoms with E-state index in [9.17, 15) is 4.79 Å². The van der Waals surface area contributed by atoms with Crippen molar-refractivity contribution < 1.29 is 9.18 Å². The second-order valence-corrected chi connectivity index (χ2v) is 9.23. The molecule has 1 aliphatic rings. The van der Waals surface area contributed by atoms with Gasteiger partial charge in [-0.3, -0.25) is 4.79 Å². The molecule has 0 saturated heterocycles. The lowest BCUT2D eigenvalue weighted by molar-refractivity contribution is 0.0992. The van der Waals surface area contributed by atoms with E-state index < -0.39 is 5.67 Å². The molecule has 1 fully saturated rings. The molecular weight excluding hydrogens is 497 g/mol. The number of halogens is 3. The summed E-state index contributed by atoms with van der Waals surface area (Å²) in [7, 11) is 1.76. The minimum absolute atomic E-state index is 0.108. The van der Waals surface area contributed by atoms with Crippen LogP contribution < -0.4 is 4.90 Å². The molecule has 0 radical (unpaired) electrons. The Morgan fingerprint density at radius 2 is 1.72 bits per heavy atom. The fraction of sp³-hybridized carbons (Fsp3) is 0.208. The van der Waals surface area contributed by atoms with E-state index in [0.717, 1.165) is 25.8 Å². The quantitative estimate of drug-likeness (QED) is 0.360. The van der Waals surface area contributed by atoms with Crippen molar-refractivity contribution >= 4 is 43.5 Å². The largest absolute Gasteiger partial charge is 0.311 e. The molecule has 0 heterocycles. The fourth-order valence-electron chi connectivity index (χ4n) is 3.80. The van der Waals surface area contributed by atoms with Gasteiger partial charge in [0.05, 0.1) is 0 Å². The van der Waals surface area contributed by atoms with E-state index in [4.69, 9.17) is 0 Å². The maximum atomic E-state index is 15.5. The normalized spacial score (nSPS) is 20.4. The van der Waals surface area contributed by atoms with Crippen LogP contribution in [0.5, 0.6) is 0 Å². The number of hydrogen-bond donors (Lipinski definition) is 0. The molecule has 3 aromatic rings. The summed E-state index contributed by atoms with van der Waals surface area (Å²) < 4.78 is 17.4. The highest BCUT2D eigenvalue weighted by molar-refractivity contribution is 9.13. The van der Waals surface area contributed by atoms with E-state index in [1.54, 1.807) is 36.2 Å². The maximum Gasteiger partial charge on any atom is 0.258 e. The monoisotopic (exact) mass is 515 g/mol. The Morgan fingerprint density at radius 1 is 1.03 bits per heavy atom. The van der Waals surface area contributed by atoms with Crippen LogP contribution in [0.25, 0.3) is 0 Å².